The number of aromatic nitrogens is 2. The van der Waals surface area contributed by atoms with Gasteiger partial charge in [0.05, 0.1) is 17.8 Å². The van der Waals surface area contributed by atoms with Gasteiger partial charge in [0.1, 0.15) is 29.8 Å². The summed E-state index contributed by atoms with van der Waals surface area (Å²) in [5.74, 6) is 1.12. The molecule has 1 heterocycles. The molecular formula is C14H13N5O. The molecule has 0 aliphatic heterocycles. The smallest absolute Gasteiger partial charge is 0.148 e. The maximum atomic E-state index is 10.9. The molecular weight excluding hydrogens is 254 g/mol. The average Bonchev–Trinajstić information content (AvgIpc) is 2.46. The van der Waals surface area contributed by atoms with Gasteiger partial charge in [0.15, 0.2) is 0 Å². The van der Waals surface area contributed by atoms with E-state index in [1.165, 1.54) is 13.3 Å². The van der Waals surface area contributed by atoms with Crippen molar-refractivity contribution in [1.29, 1.82) is 5.26 Å². The average molecular weight is 267 g/mol. The number of carbonyl (C=O) groups is 1. The van der Waals surface area contributed by atoms with Gasteiger partial charge in [-0.2, -0.15) is 5.26 Å². The van der Waals surface area contributed by atoms with Crippen LogP contribution in [0.5, 0.6) is 0 Å². The van der Waals surface area contributed by atoms with Crippen molar-refractivity contribution >= 4 is 23.1 Å². The Hall–Kier alpha value is -2.94. The van der Waals surface area contributed by atoms with E-state index >= 15 is 0 Å². The molecule has 1 aromatic heterocycles. The van der Waals surface area contributed by atoms with E-state index in [1.54, 1.807) is 24.3 Å². The number of Topliss-reactive ketones (excluding diaryl/α,β-unsaturated/α-hetero) is 1. The molecule has 100 valence electrons. The molecule has 0 aliphatic carbocycles. The highest BCUT2D eigenvalue weighted by molar-refractivity contribution is 5.80. The van der Waals surface area contributed by atoms with Crippen molar-refractivity contribution in [2.24, 2.45) is 0 Å². The summed E-state index contributed by atoms with van der Waals surface area (Å²) in [6, 6.07) is 10.9. The number of nitriles is 1. The van der Waals surface area contributed by atoms with Gasteiger partial charge in [0.25, 0.3) is 0 Å². The first-order valence-electron chi connectivity index (χ1n) is 6.00. The zero-order valence-corrected chi connectivity index (χ0v) is 10.9. The zero-order chi connectivity index (χ0) is 14.4. The van der Waals surface area contributed by atoms with Crippen LogP contribution < -0.4 is 10.6 Å². The molecule has 6 nitrogen and oxygen atoms in total. The maximum absolute atomic E-state index is 10.9. The minimum absolute atomic E-state index is 0.0212. The molecule has 0 saturated heterocycles. The third-order valence-electron chi connectivity index (χ3n) is 2.50. The number of para-hydroxylation sites is 1. The summed E-state index contributed by atoms with van der Waals surface area (Å²) in [7, 11) is 0. The van der Waals surface area contributed by atoms with E-state index in [2.05, 4.69) is 26.7 Å². The third kappa shape index (κ3) is 3.53. The van der Waals surface area contributed by atoms with Crippen LogP contribution in [0.4, 0.5) is 17.3 Å². The van der Waals surface area contributed by atoms with Gasteiger partial charge in [-0.1, -0.05) is 12.1 Å². The van der Waals surface area contributed by atoms with Gasteiger partial charge < -0.3 is 10.6 Å². The fraction of sp³-hybridized carbons (Fsp3) is 0.143. The van der Waals surface area contributed by atoms with Gasteiger partial charge >= 0.3 is 0 Å². The number of anilines is 3. The van der Waals surface area contributed by atoms with Crippen LogP contribution >= 0.6 is 0 Å². The second-order valence-electron chi connectivity index (χ2n) is 4.13. The summed E-state index contributed by atoms with van der Waals surface area (Å²) in [6.07, 6.45) is 1.39. The molecule has 2 rings (SSSR count). The van der Waals surface area contributed by atoms with E-state index in [0.717, 1.165) is 0 Å². The Morgan fingerprint density at radius 1 is 1.30 bits per heavy atom. The summed E-state index contributed by atoms with van der Waals surface area (Å²) in [5, 5.41) is 15.0. The topological polar surface area (TPSA) is 90.7 Å². The van der Waals surface area contributed by atoms with Crippen LogP contribution in [0.25, 0.3) is 0 Å². The van der Waals surface area contributed by atoms with E-state index in [9.17, 15) is 4.79 Å². The highest BCUT2D eigenvalue weighted by Crippen LogP contribution is 2.19. The molecule has 6 heteroatoms. The van der Waals surface area contributed by atoms with Crippen LogP contribution in [-0.2, 0) is 4.79 Å². The summed E-state index contributed by atoms with van der Waals surface area (Å²) < 4.78 is 0. The highest BCUT2D eigenvalue weighted by atomic mass is 16.1. The number of nitrogens with zero attached hydrogens (tertiary/aromatic N) is 3. The van der Waals surface area contributed by atoms with Crippen molar-refractivity contribution < 1.29 is 4.79 Å². The molecule has 0 unspecified atom stereocenters. The maximum Gasteiger partial charge on any atom is 0.148 e. The first-order chi connectivity index (χ1) is 9.69. The van der Waals surface area contributed by atoms with Gasteiger partial charge in [0, 0.05) is 6.07 Å². The lowest BCUT2D eigenvalue weighted by atomic mass is 10.2. The second-order valence-corrected chi connectivity index (χ2v) is 4.13. The Balaban J connectivity index is 2.15. The number of benzene rings is 1. The lowest BCUT2D eigenvalue weighted by Crippen LogP contribution is -2.11. The van der Waals surface area contributed by atoms with Gasteiger partial charge in [-0.3, -0.25) is 4.79 Å². The molecule has 0 fully saturated rings. The van der Waals surface area contributed by atoms with Crippen LogP contribution in [0, 0.1) is 11.3 Å². The van der Waals surface area contributed by atoms with Crippen molar-refractivity contribution in [3.63, 3.8) is 0 Å². The Morgan fingerprint density at radius 2 is 2.05 bits per heavy atom. The van der Waals surface area contributed by atoms with Crippen molar-refractivity contribution in [2.75, 3.05) is 17.2 Å². The normalized spacial score (nSPS) is 9.60. The third-order valence-corrected chi connectivity index (χ3v) is 2.50. The van der Waals surface area contributed by atoms with Gasteiger partial charge in [0.2, 0.25) is 0 Å². The quantitative estimate of drug-likeness (QED) is 0.862. The van der Waals surface area contributed by atoms with E-state index in [1.807, 2.05) is 6.07 Å². The molecule has 0 saturated carbocycles. The molecule has 0 radical (unpaired) electrons. The Morgan fingerprint density at radius 3 is 2.80 bits per heavy atom. The molecule has 0 amide bonds. The van der Waals surface area contributed by atoms with Gasteiger partial charge in [-0.25, -0.2) is 9.97 Å². The van der Waals surface area contributed by atoms with Crippen LogP contribution in [0.15, 0.2) is 36.7 Å². The Bertz CT molecular complexity index is 663. The first-order valence-corrected chi connectivity index (χ1v) is 6.00. The van der Waals surface area contributed by atoms with Gasteiger partial charge in [-0.15, -0.1) is 0 Å². The summed E-state index contributed by atoms with van der Waals surface area (Å²) in [4.78, 5) is 19.0. The lowest BCUT2D eigenvalue weighted by molar-refractivity contribution is -0.115. The minimum Gasteiger partial charge on any atom is -0.363 e. The number of hydrogen-bond donors (Lipinski definition) is 2. The largest absolute Gasteiger partial charge is 0.363 e. The predicted octanol–water partition coefficient (Wildman–Crippen LogP) is 2.09. The van der Waals surface area contributed by atoms with Crippen LogP contribution in [0.2, 0.25) is 0 Å². The molecule has 0 aliphatic rings. The van der Waals surface area contributed by atoms with Crippen molar-refractivity contribution in [3.8, 4) is 6.07 Å². The molecule has 20 heavy (non-hydrogen) atoms. The molecule has 2 aromatic rings. The van der Waals surface area contributed by atoms with Crippen LogP contribution in [0.3, 0.4) is 0 Å². The molecule has 0 bridgehead atoms. The van der Waals surface area contributed by atoms with E-state index in [0.29, 0.717) is 22.9 Å². The lowest BCUT2D eigenvalue weighted by Gasteiger charge is -2.08. The first kappa shape index (κ1) is 13.5. The minimum atomic E-state index is 0.0212. The standard InChI is InChI=1S/C14H13N5O/c1-10(20)8-16-13-6-14(18-9-17-13)19-12-5-3-2-4-11(12)7-15/h2-6,9H,8H2,1H3,(H2,16,17,18,19). The fourth-order valence-electron chi connectivity index (χ4n) is 1.56. The Kier molecular flexibility index (Phi) is 4.24. The van der Waals surface area contributed by atoms with E-state index < -0.39 is 0 Å². The molecule has 0 spiro atoms. The summed E-state index contributed by atoms with van der Waals surface area (Å²) in [6.45, 7) is 1.71. The number of ketones is 1. The number of rotatable bonds is 5. The van der Waals surface area contributed by atoms with Crippen LogP contribution in [-0.4, -0.2) is 22.3 Å². The Labute approximate surface area is 116 Å². The predicted molar refractivity (Wildman–Crippen MR) is 75.6 cm³/mol. The SMILES string of the molecule is CC(=O)CNc1cc(Nc2ccccc2C#N)ncn1. The monoisotopic (exact) mass is 267 g/mol. The van der Waals surface area contributed by atoms with Crippen molar-refractivity contribution in [2.45, 2.75) is 6.92 Å². The molecule has 0 atom stereocenters. The highest BCUT2D eigenvalue weighted by Gasteiger charge is 2.03. The van der Waals surface area contributed by atoms with E-state index in [-0.39, 0.29) is 12.3 Å². The van der Waals surface area contributed by atoms with E-state index in [4.69, 9.17) is 5.26 Å². The van der Waals surface area contributed by atoms with Crippen molar-refractivity contribution in [1.82, 2.24) is 9.97 Å². The summed E-state index contributed by atoms with van der Waals surface area (Å²) >= 11 is 0. The zero-order valence-electron chi connectivity index (χ0n) is 10.9. The number of nitrogens with one attached hydrogen (secondary N) is 2. The summed E-state index contributed by atoms with van der Waals surface area (Å²) in [5.41, 5.74) is 1.20. The molecule has 2 N–H and O–H groups in total. The van der Waals surface area contributed by atoms with Crippen LogP contribution in [0.1, 0.15) is 12.5 Å². The van der Waals surface area contributed by atoms with Gasteiger partial charge in [-0.05, 0) is 19.1 Å². The fourth-order valence-corrected chi connectivity index (χ4v) is 1.56. The number of hydrogen-bond acceptors (Lipinski definition) is 6. The number of carbonyl (C=O) groups excluding carboxylic acids is 1. The molecule has 1 aromatic carbocycles. The second kappa shape index (κ2) is 6.29. The van der Waals surface area contributed by atoms with Crippen molar-refractivity contribution in [3.05, 3.63) is 42.2 Å².